The number of nitrogens with one attached hydrogen (secondary N) is 1. The lowest BCUT2D eigenvalue weighted by Gasteiger charge is -2.02. The summed E-state index contributed by atoms with van der Waals surface area (Å²) in [5.41, 5.74) is 1.49. The molecule has 4 rings (SSSR count). The molecule has 0 spiro atoms. The first-order valence-corrected chi connectivity index (χ1v) is 11.5. The van der Waals surface area contributed by atoms with Crippen molar-refractivity contribution >= 4 is 63.3 Å². The molecule has 0 saturated heterocycles. The number of hydrogen-bond donors (Lipinski definition) is 1. The van der Waals surface area contributed by atoms with Gasteiger partial charge >= 0.3 is 0 Å². The topological polar surface area (TPSA) is 78.9 Å². The van der Waals surface area contributed by atoms with Gasteiger partial charge in [-0.2, -0.15) is 5.26 Å². The fourth-order valence-corrected chi connectivity index (χ4v) is 4.53. The number of carbonyl (C=O) groups excluding carboxylic acids is 1. The molecule has 0 saturated carbocycles. The van der Waals surface area contributed by atoms with Gasteiger partial charge in [-0.25, -0.2) is 4.98 Å². The molecule has 0 aliphatic carbocycles. The molecular formula is C24H14Cl3N3O2S. The van der Waals surface area contributed by atoms with E-state index in [2.05, 4.69) is 10.3 Å². The number of halogens is 3. The average molecular weight is 515 g/mol. The van der Waals surface area contributed by atoms with Gasteiger partial charge in [-0.1, -0.05) is 53.0 Å². The largest absolute Gasteiger partial charge is 0.457 e. The van der Waals surface area contributed by atoms with Gasteiger partial charge in [-0.05, 0) is 42.0 Å². The number of nitriles is 1. The molecule has 0 bridgehead atoms. The first-order valence-electron chi connectivity index (χ1n) is 9.59. The molecule has 164 valence electrons. The summed E-state index contributed by atoms with van der Waals surface area (Å²) in [7, 11) is 0. The van der Waals surface area contributed by atoms with Gasteiger partial charge < -0.3 is 4.42 Å². The van der Waals surface area contributed by atoms with E-state index in [4.69, 9.17) is 39.2 Å². The minimum absolute atomic E-state index is 0.124. The molecule has 2 heterocycles. The number of hydrogen-bond acceptors (Lipinski definition) is 5. The highest BCUT2D eigenvalue weighted by Gasteiger charge is 2.15. The summed E-state index contributed by atoms with van der Waals surface area (Å²) in [6.45, 7) is 0. The minimum atomic E-state index is -0.585. The van der Waals surface area contributed by atoms with Crippen molar-refractivity contribution in [2.45, 2.75) is 6.42 Å². The predicted molar refractivity (Wildman–Crippen MR) is 133 cm³/mol. The number of thiazole rings is 1. The van der Waals surface area contributed by atoms with E-state index in [0.29, 0.717) is 43.7 Å². The van der Waals surface area contributed by atoms with Crippen LogP contribution in [0.5, 0.6) is 0 Å². The van der Waals surface area contributed by atoms with E-state index in [0.717, 1.165) is 10.4 Å². The molecule has 0 aliphatic rings. The third-order valence-corrected chi connectivity index (χ3v) is 6.40. The zero-order valence-electron chi connectivity index (χ0n) is 16.8. The van der Waals surface area contributed by atoms with Crippen LogP contribution in [0.15, 0.2) is 70.8 Å². The molecule has 0 unspecified atom stereocenters. The SMILES string of the molecule is N#CC(=Cc1ccc(-c2ccc(Cl)cc2Cl)o1)C(=O)Nc1ncc(Cc2ccccc2Cl)s1. The Morgan fingerprint density at radius 3 is 2.70 bits per heavy atom. The van der Waals surface area contributed by atoms with Gasteiger partial charge in [-0.3, -0.25) is 10.1 Å². The van der Waals surface area contributed by atoms with Crippen LogP contribution in [-0.4, -0.2) is 10.9 Å². The monoisotopic (exact) mass is 513 g/mol. The van der Waals surface area contributed by atoms with E-state index in [-0.39, 0.29) is 5.57 Å². The summed E-state index contributed by atoms with van der Waals surface area (Å²) in [6.07, 6.45) is 3.63. The average Bonchev–Trinajstić information content (AvgIpc) is 3.43. The summed E-state index contributed by atoms with van der Waals surface area (Å²) in [5, 5.41) is 14.1. The van der Waals surface area contributed by atoms with Crippen molar-refractivity contribution in [1.82, 2.24) is 4.98 Å². The van der Waals surface area contributed by atoms with Crippen LogP contribution >= 0.6 is 46.1 Å². The maximum absolute atomic E-state index is 12.6. The number of anilines is 1. The Kier molecular flexibility index (Phi) is 7.17. The Hall–Kier alpha value is -3.08. The standard InChI is InChI=1S/C24H14Cl3N3O2S/c25-16-5-7-19(21(27)11-16)22-8-6-17(32-22)9-15(12-28)23(31)30-24-29-13-18(33-24)10-14-3-1-2-4-20(14)26/h1-9,11,13H,10H2,(H,29,30,31). The Labute approximate surface area is 208 Å². The van der Waals surface area contributed by atoms with Gasteiger partial charge in [0, 0.05) is 39.2 Å². The fourth-order valence-electron chi connectivity index (χ4n) is 3.00. The van der Waals surface area contributed by atoms with Crippen molar-refractivity contribution < 1.29 is 9.21 Å². The van der Waals surface area contributed by atoms with Gasteiger partial charge in [0.15, 0.2) is 5.13 Å². The highest BCUT2D eigenvalue weighted by atomic mass is 35.5. The van der Waals surface area contributed by atoms with E-state index < -0.39 is 5.91 Å². The Balaban J connectivity index is 1.47. The second-order valence-electron chi connectivity index (χ2n) is 6.85. The molecule has 0 aliphatic heterocycles. The van der Waals surface area contributed by atoms with Crippen LogP contribution in [0.25, 0.3) is 17.4 Å². The van der Waals surface area contributed by atoms with Gasteiger partial charge in [0.2, 0.25) is 0 Å². The molecule has 9 heteroatoms. The van der Waals surface area contributed by atoms with Crippen molar-refractivity contribution in [1.29, 1.82) is 5.26 Å². The number of amides is 1. The predicted octanol–water partition coefficient (Wildman–Crippen LogP) is 7.50. The molecule has 33 heavy (non-hydrogen) atoms. The molecule has 2 aromatic carbocycles. The Morgan fingerprint density at radius 2 is 1.94 bits per heavy atom. The van der Waals surface area contributed by atoms with E-state index in [1.165, 1.54) is 17.4 Å². The number of benzene rings is 2. The van der Waals surface area contributed by atoms with Crippen LogP contribution in [0.4, 0.5) is 5.13 Å². The van der Waals surface area contributed by atoms with Crippen molar-refractivity contribution in [3.8, 4) is 17.4 Å². The molecule has 2 aromatic heterocycles. The van der Waals surface area contributed by atoms with Gasteiger partial charge in [0.05, 0.1) is 5.02 Å². The Morgan fingerprint density at radius 1 is 1.12 bits per heavy atom. The summed E-state index contributed by atoms with van der Waals surface area (Å²) in [4.78, 5) is 17.8. The quantitative estimate of drug-likeness (QED) is 0.213. The van der Waals surface area contributed by atoms with Crippen LogP contribution in [0.2, 0.25) is 15.1 Å². The maximum Gasteiger partial charge on any atom is 0.268 e. The smallest absolute Gasteiger partial charge is 0.268 e. The zero-order chi connectivity index (χ0) is 23.4. The number of furan rings is 1. The third-order valence-electron chi connectivity index (χ3n) is 4.57. The number of aromatic nitrogens is 1. The lowest BCUT2D eigenvalue weighted by molar-refractivity contribution is -0.112. The fraction of sp³-hybridized carbons (Fsp3) is 0.0417. The van der Waals surface area contributed by atoms with Crippen LogP contribution in [0, 0.1) is 11.3 Å². The van der Waals surface area contributed by atoms with Crippen molar-refractivity contribution in [3.05, 3.63) is 97.6 Å². The normalized spacial score (nSPS) is 11.3. The van der Waals surface area contributed by atoms with Crippen LogP contribution < -0.4 is 5.32 Å². The van der Waals surface area contributed by atoms with Gasteiger partial charge in [-0.15, -0.1) is 11.3 Å². The zero-order valence-corrected chi connectivity index (χ0v) is 19.9. The van der Waals surface area contributed by atoms with Gasteiger partial charge in [0.25, 0.3) is 5.91 Å². The van der Waals surface area contributed by atoms with E-state index >= 15 is 0 Å². The molecular weight excluding hydrogens is 501 g/mol. The minimum Gasteiger partial charge on any atom is -0.457 e. The summed E-state index contributed by atoms with van der Waals surface area (Å²) < 4.78 is 5.74. The highest BCUT2D eigenvalue weighted by Crippen LogP contribution is 2.32. The number of rotatable bonds is 6. The molecule has 1 amide bonds. The summed E-state index contributed by atoms with van der Waals surface area (Å²) >= 11 is 19.7. The maximum atomic E-state index is 12.6. The van der Waals surface area contributed by atoms with Crippen LogP contribution in [-0.2, 0) is 11.2 Å². The lowest BCUT2D eigenvalue weighted by atomic mass is 10.1. The molecule has 1 N–H and O–H groups in total. The number of carbonyl (C=O) groups is 1. The molecule has 0 atom stereocenters. The summed E-state index contributed by atoms with van der Waals surface area (Å²) in [6, 6.07) is 17.8. The van der Waals surface area contributed by atoms with E-state index in [9.17, 15) is 10.1 Å². The molecule has 0 fully saturated rings. The molecule has 0 radical (unpaired) electrons. The first kappa shape index (κ1) is 23.1. The van der Waals surface area contributed by atoms with E-state index in [1.807, 2.05) is 30.3 Å². The highest BCUT2D eigenvalue weighted by molar-refractivity contribution is 7.15. The van der Waals surface area contributed by atoms with Gasteiger partial charge in [0.1, 0.15) is 23.2 Å². The summed E-state index contributed by atoms with van der Waals surface area (Å²) in [5.74, 6) is 0.240. The second-order valence-corrected chi connectivity index (χ2v) is 9.22. The second kappa shape index (κ2) is 10.2. The number of nitrogens with zero attached hydrogens (tertiary/aromatic N) is 2. The first-order chi connectivity index (χ1) is 15.9. The van der Waals surface area contributed by atoms with Crippen LogP contribution in [0.3, 0.4) is 0 Å². The lowest BCUT2D eigenvalue weighted by Crippen LogP contribution is -2.13. The Bertz CT molecular complexity index is 1400. The van der Waals surface area contributed by atoms with Crippen molar-refractivity contribution in [3.63, 3.8) is 0 Å². The van der Waals surface area contributed by atoms with Crippen LogP contribution in [0.1, 0.15) is 16.2 Å². The molecule has 4 aromatic rings. The van der Waals surface area contributed by atoms with Crippen molar-refractivity contribution in [2.24, 2.45) is 0 Å². The third kappa shape index (κ3) is 5.65. The van der Waals surface area contributed by atoms with E-state index in [1.54, 1.807) is 36.5 Å². The molecule has 5 nitrogen and oxygen atoms in total. The van der Waals surface area contributed by atoms with Crippen molar-refractivity contribution in [2.75, 3.05) is 5.32 Å².